The number of carbonyl (C=O) groups excluding carboxylic acids is 2. The summed E-state index contributed by atoms with van der Waals surface area (Å²) in [6.45, 7) is 2.48. The maximum atomic E-state index is 12.7. The fraction of sp³-hybridized carbons (Fsp3) is 0.857. The van der Waals surface area contributed by atoms with Gasteiger partial charge in [-0.3, -0.25) is 0 Å². The molecular weight excluding hydrogens is 514 g/mol. The zero-order valence-corrected chi connectivity index (χ0v) is 16.5. The summed E-state index contributed by atoms with van der Waals surface area (Å²) in [5, 5.41) is 0. The molecule has 3 aliphatic heterocycles. The minimum atomic E-state index is -1.17. The van der Waals surface area contributed by atoms with Crippen molar-refractivity contribution >= 4 is 54.9 Å². The summed E-state index contributed by atoms with van der Waals surface area (Å²) in [6.07, 6.45) is 3.56. The van der Waals surface area contributed by atoms with Gasteiger partial charge in [-0.1, -0.05) is 0 Å². The summed E-state index contributed by atoms with van der Waals surface area (Å²) in [5.41, 5.74) is -0.0566. The molecule has 5 aliphatic rings. The number of fused-ring (bicyclic) bond motifs is 4. The summed E-state index contributed by atoms with van der Waals surface area (Å²) in [6, 6.07) is 0. The monoisotopic (exact) mass is 532 g/mol. The summed E-state index contributed by atoms with van der Waals surface area (Å²) in [4.78, 5) is 24.3. The van der Waals surface area contributed by atoms with Crippen LogP contribution >= 0.6 is 43.0 Å². The zero-order chi connectivity index (χ0) is 15.3. The molecule has 2 saturated carbocycles. The van der Waals surface area contributed by atoms with Crippen LogP contribution in [0, 0.1) is 17.3 Å². The van der Waals surface area contributed by atoms with Crippen molar-refractivity contribution in [1.29, 1.82) is 0 Å². The Morgan fingerprint density at radius 3 is 2.77 bits per heavy atom. The molecule has 0 radical (unpaired) electrons. The molecule has 5 unspecified atom stereocenters. The van der Waals surface area contributed by atoms with Crippen molar-refractivity contribution in [3.8, 4) is 0 Å². The molecule has 5 rings (SSSR count). The van der Waals surface area contributed by atoms with Crippen LogP contribution in [0.5, 0.6) is 0 Å². The van der Waals surface area contributed by atoms with Gasteiger partial charge in [0, 0.05) is 0 Å². The van der Waals surface area contributed by atoms with Crippen molar-refractivity contribution in [1.82, 2.24) is 7.06 Å². The third-order valence-corrected chi connectivity index (χ3v) is 13.2. The van der Waals surface area contributed by atoms with Crippen LogP contribution in [0.15, 0.2) is 0 Å². The van der Waals surface area contributed by atoms with Crippen molar-refractivity contribution in [3.63, 3.8) is 0 Å². The van der Waals surface area contributed by atoms with Crippen molar-refractivity contribution in [3.05, 3.63) is 0 Å². The van der Waals surface area contributed by atoms with Crippen LogP contribution in [0.25, 0.3) is 0 Å². The van der Waals surface area contributed by atoms with E-state index in [-0.39, 0.29) is 27.1 Å². The maximum absolute atomic E-state index is 12.7. The number of carbonyl (C=O) groups is 2. The second kappa shape index (κ2) is 4.29. The summed E-state index contributed by atoms with van der Waals surface area (Å²) < 4.78 is 17.4. The van der Waals surface area contributed by atoms with Crippen LogP contribution in [-0.4, -0.2) is 31.7 Å². The number of halogens is 2. The van der Waals surface area contributed by atoms with Gasteiger partial charge in [0.1, 0.15) is 0 Å². The SMILES string of the molecule is CC(I)(C(=O)OC1CC2CC1C1(COC(=O)C1)C2)C12NI1N2. The van der Waals surface area contributed by atoms with Gasteiger partial charge in [0.25, 0.3) is 0 Å². The Bertz CT molecular complexity index is 591. The molecule has 8 heteroatoms. The number of rotatable bonds is 3. The Morgan fingerprint density at radius 1 is 1.50 bits per heavy atom. The first-order valence-corrected chi connectivity index (χ1v) is 12.0. The van der Waals surface area contributed by atoms with Gasteiger partial charge in [-0.15, -0.1) is 0 Å². The van der Waals surface area contributed by atoms with Gasteiger partial charge in [-0.25, -0.2) is 0 Å². The molecule has 0 aromatic rings. The standard InChI is InChI=1S/C14H18I2N2O4/c1-12(15,14-16(17-14)18-14)11(20)22-9-3-7-2-8(9)13(4-7)5-10(19)21-6-13/h7-9,17-18H,2-6H2,1H3. The molecule has 2 bridgehead atoms. The molecule has 0 aromatic heterocycles. The first-order valence-electron chi connectivity index (χ1n) is 7.67. The molecule has 0 amide bonds. The topological polar surface area (TPSA) is 96.5 Å². The number of ether oxygens (including phenoxy) is 2. The van der Waals surface area contributed by atoms with Gasteiger partial charge < -0.3 is 0 Å². The van der Waals surface area contributed by atoms with Crippen molar-refractivity contribution < 1.29 is 19.1 Å². The summed E-state index contributed by atoms with van der Waals surface area (Å²) in [5.74, 6) is 0.682. The number of cyclic esters (lactones) is 1. The molecule has 3 saturated heterocycles. The Kier molecular flexibility index (Phi) is 2.85. The van der Waals surface area contributed by atoms with E-state index in [0.29, 0.717) is 24.9 Å². The van der Waals surface area contributed by atoms with Gasteiger partial charge in [0.15, 0.2) is 0 Å². The normalized spacial score (nSPS) is 47.1. The van der Waals surface area contributed by atoms with Crippen molar-refractivity contribution in [2.45, 2.75) is 45.8 Å². The molecule has 0 aromatic carbocycles. The summed E-state index contributed by atoms with van der Waals surface area (Å²) >= 11 is 1.06. The fourth-order valence-corrected chi connectivity index (χ4v) is 12.5. The van der Waals surface area contributed by atoms with Gasteiger partial charge in [0.2, 0.25) is 0 Å². The van der Waals surface area contributed by atoms with Gasteiger partial charge in [0.05, 0.1) is 0 Å². The Hall–Kier alpha value is 0.320. The molecule has 22 heavy (non-hydrogen) atoms. The molecule has 3 heterocycles. The van der Waals surface area contributed by atoms with E-state index in [1.54, 1.807) is 0 Å². The molecule has 2 N–H and O–H groups in total. The number of hydrogen-bond donors (Lipinski definition) is 2. The van der Waals surface area contributed by atoms with E-state index in [2.05, 4.69) is 29.7 Å². The van der Waals surface area contributed by atoms with E-state index < -0.39 is 23.8 Å². The molecule has 122 valence electrons. The number of alkyl halides is 2. The molecule has 1 spiro atoms. The first kappa shape index (κ1) is 14.6. The number of esters is 2. The van der Waals surface area contributed by atoms with E-state index in [1.807, 2.05) is 6.92 Å². The van der Waals surface area contributed by atoms with E-state index in [1.165, 1.54) is 0 Å². The van der Waals surface area contributed by atoms with E-state index >= 15 is 0 Å². The van der Waals surface area contributed by atoms with Crippen LogP contribution in [0.4, 0.5) is 0 Å². The minimum absolute atomic E-state index is 0.0361. The number of nitrogens with one attached hydrogen (secondary N) is 2. The predicted octanol–water partition coefficient (Wildman–Crippen LogP) is 1.65. The van der Waals surface area contributed by atoms with Crippen LogP contribution in [0.3, 0.4) is 0 Å². The average Bonchev–Trinajstić information content (AvgIpc) is 3.17. The third-order valence-electron chi connectivity index (χ3n) is 6.05. The second-order valence-electron chi connectivity index (χ2n) is 7.43. The molecular formula is C14H18I2N2O4. The van der Waals surface area contributed by atoms with Gasteiger partial charge in [-0.2, -0.15) is 0 Å². The fourth-order valence-electron chi connectivity index (χ4n) is 4.72. The van der Waals surface area contributed by atoms with E-state index in [0.717, 1.165) is 19.3 Å². The number of hydrogen-bond acceptors (Lipinski definition) is 6. The molecule has 5 fully saturated rings. The molecule has 6 nitrogen and oxygen atoms in total. The van der Waals surface area contributed by atoms with Crippen LogP contribution in [-0.2, 0) is 19.1 Å². The zero-order valence-electron chi connectivity index (χ0n) is 12.2. The Balaban J connectivity index is 1.32. The average molecular weight is 532 g/mol. The Labute approximate surface area is 150 Å². The van der Waals surface area contributed by atoms with Crippen molar-refractivity contribution in [2.75, 3.05) is 6.61 Å². The quantitative estimate of drug-likeness (QED) is 0.144. The third kappa shape index (κ3) is 1.78. The van der Waals surface area contributed by atoms with E-state index in [9.17, 15) is 9.59 Å². The Morgan fingerprint density at radius 2 is 2.23 bits per heavy atom. The van der Waals surface area contributed by atoms with Crippen LogP contribution in [0.1, 0.15) is 32.6 Å². The van der Waals surface area contributed by atoms with E-state index in [4.69, 9.17) is 9.47 Å². The van der Waals surface area contributed by atoms with Crippen LogP contribution in [0.2, 0.25) is 0 Å². The summed E-state index contributed by atoms with van der Waals surface area (Å²) in [7, 11) is 0. The van der Waals surface area contributed by atoms with Gasteiger partial charge >= 0.3 is 151 Å². The molecule has 2 aliphatic carbocycles. The molecule has 5 atom stereocenters. The first-order chi connectivity index (χ1) is 10.4. The predicted molar refractivity (Wildman–Crippen MR) is 94.2 cm³/mol. The van der Waals surface area contributed by atoms with Crippen LogP contribution < -0.4 is 7.06 Å². The second-order valence-corrected chi connectivity index (χ2v) is 13.9. The van der Waals surface area contributed by atoms with Gasteiger partial charge in [-0.05, 0) is 0 Å². The van der Waals surface area contributed by atoms with Crippen molar-refractivity contribution in [2.24, 2.45) is 17.3 Å².